The second-order valence-corrected chi connectivity index (χ2v) is 4.76. The largest absolute Gasteiger partial charge is 0.409 e. The van der Waals surface area contributed by atoms with E-state index in [4.69, 9.17) is 10.9 Å². The van der Waals surface area contributed by atoms with Crippen molar-refractivity contribution < 1.29 is 10.0 Å². The van der Waals surface area contributed by atoms with E-state index in [1.807, 2.05) is 12.3 Å². The normalized spacial score (nSPS) is 11.3. The summed E-state index contributed by atoms with van der Waals surface area (Å²) < 4.78 is 0. The summed E-state index contributed by atoms with van der Waals surface area (Å²) in [5, 5.41) is 18.0. The summed E-state index contributed by atoms with van der Waals surface area (Å²) in [7, 11) is 0. The van der Waals surface area contributed by atoms with Crippen LogP contribution in [0.25, 0.3) is 0 Å². The SMILES string of the molecule is Cc1ccc(/C(N)=N/O)cc1NC(=O)c1ccsc1. The lowest BCUT2D eigenvalue weighted by atomic mass is 10.1. The molecule has 1 aromatic heterocycles. The number of carbonyl (C=O) groups excluding carboxylic acids is 1. The molecule has 2 aromatic rings. The van der Waals surface area contributed by atoms with Gasteiger partial charge in [0.1, 0.15) is 0 Å². The zero-order chi connectivity index (χ0) is 13.8. The van der Waals surface area contributed by atoms with Crippen LogP contribution in [0.4, 0.5) is 5.69 Å². The fourth-order valence-corrected chi connectivity index (χ4v) is 2.20. The van der Waals surface area contributed by atoms with Crippen molar-refractivity contribution in [3.05, 3.63) is 51.7 Å². The lowest BCUT2D eigenvalue weighted by molar-refractivity contribution is 0.102. The van der Waals surface area contributed by atoms with E-state index in [1.54, 1.807) is 29.6 Å². The Morgan fingerprint density at radius 2 is 2.16 bits per heavy atom. The van der Waals surface area contributed by atoms with E-state index in [0.717, 1.165) is 5.56 Å². The maximum atomic E-state index is 12.0. The molecule has 0 unspecified atom stereocenters. The molecule has 0 saturated carbocycles. The van der Waals surface area contributed by atoms with Gasteiger partial charge in [-0.3, -0.25) is 4.79 Å². The molecule has 0 fully saturated rings. The number of anilines is 1. The average Bonchev–Trinajstić information content (AvgIpc) is 2.94. The van der Waals surface area contributed by atoms with Crippen molar-refractivity contribution >= 4 is 28.8 Å². The second-order valence-electron chi connectivity index (χ2n) is 3.98. The maximum absolute atomic E-state index is 12.0. The Bertz CT molecular complexity index is 621. The maximum Gasteiger partial charge on any atom is 0.256 e. The molecule has 1 aromatic carbocycles. The average molecular weight is 275 g/mol. The van der Waals surface area contributed by atoms with Gasteiger partial charge in [-0.25, -0.2) is 0 Å². The lowest BCUT2D eigenvalue weighted by Gasteiger charge is -2.09. The van der Waals surface area contributed by atoms with Gasteiger partial charge in [0.05, 0.1) is 5.56 Å². The van der Waals surface area contributed by atoms with Crippen LogP contribution >= 0.6 is 11.3 Å². The van der Waals surface area contributed by atoms with Gasteiger partial charge < -0.3 is 16.3 Å². The number of amides is 1. The van der Waals surface area contributed by atoms with Gasteiger partial charge in [-0.2, -0.15) is 11.3 Å². The molecule has 6 heteroatoms. The molecule has 0 atom stereocenters. The molecule has 0 aliphatic carbocycles. The topological polar surface area (TPSA) is 87.7 Å². The highest BCUT2D eigenvalue weighted by molar-refractivity contribution is 7.08. The number of thiophene rings is 1. The van der Waals surface area contributed by atoms with Crippen LogP contribution < -0.4 is 11.1 Å². The summed E-state index contributed by atoms with van der Waals surface area (Å²) >= 11 is 1.46. The summed E-state index contributed by atoms with van der Waals surface area (Å²) in [5.41, 5.74) is 8.23. The Hall–Kier alpha value is -2.34. The van der Waals surface area contributed by atoms with Crippen LogP contribution in [0.2, 0.25) is 0 Å². The molecule has 0 aliphatic heterocycles. The van der Waals surface area contributed by atoms with E-state index in [2.05, 4.69) is 10.5 Å². The number of carbonyl (C=O) groups is 1. The Kier molecular flexibility index (Phi) is 3.82. The zero-order valence-corrected chi connectivity index (χ0v) is 11.1. The van der Waals surface area contributed by atoms with Crippen molar-refractivity contribution in [3.8, 4) is 0 Å². The third kappa shape index (κ3) is 2.92. The van der Waals surface area contributed by atoms with Gasteiger partial charge in [-0.15, -0.1) is 0 Å². The molecule has 5 nitrogen and oxygen atoms in total. The molecule has 2 rings (SSSR count). The number of nitrogens with one attached hydrogen (secondary N) is 1. The van der Waals surface area contributed by atoms with Gasteiger partial charge in [-0.1, -0.05) is 17.3 Å². The summed E-state index contributed by atoms with van der Waals surface area (Å²) in [6.45, 7) is 1.87. The Labute approximate surface area is 114 Å². The van der Waals surface area contributed by atoms with Gasteiger partial charge in [0.15, 0.2) is 5.84 Å². The van der Waals surface area contributed by atoms with E-state index in [1.165, 1.54) is 11.3 Å². The predicted octanol–water partition coefficient (Wildman–Crippen LogP) is 2.40. The summed E-state index contributed by atoms with van der Waals surface area (Å²) in [6, 6.07) is 6.96. The summed E-state index contributed by atoms with van der Waals surface area (Å²) in [4.78, 5) is 12.0. The van der Waals surface area contributed by atoms with E-state index < -0.39 is 0 Å². The third-order valence-corrected chi connectivity index (χ3v) is 3.36. The molecule has 0 bridgehead atoms. The first kappa shape index (κ1) is 13.1. The predicted molar refractivity (Wildman–Crippen MR) is 76.0 cm³/mol. The number of nitrogens with zero attached hydrogens (tertiary/aromatic N) is 1. The lowest BCUT2D eigenvalue weighted by Crippen LogP contribution is -2.15. The van der Waals surface area contributed by atoms with Gasteiger partial charge in [0.25, 0.3) is 5.91 Å². The van der Waals surface area contributed by atoms with Crippen molar-refractivity contribution in [1.29, 1.82) is 0 Å². The number of rotatable bonds is 3. The first-order valence-electron chi connectivity index (χ1n) is 5.54. The molecule has 98 valence electrons. The van der Waals surface area contributed by atoms with Crippen molar-refractivity contribution in [2.75, 3.05) is 5.32 Å². The summed E-state index contributed by atoms with van der Waals surface area (Å²) in [5.74, 6) is -0.174. The second kappa shape index (κ2) is 5.53. The van der Waals surface area contributed by atoms with Crippen LogP contribution in [0.3, 0.4) is 0 Å². The van der Waals surface area contributed by atoms with E-state index in [-0.39, 0.29) is 11.7 Å². The minimum atomic E-state index is -0.180. The fourth-order valence-electron chi connectivity index (χ4n) is 1.56. The molecule has 19 heavy (non-hydrogen) atoms. The quantitative estimate of drug-likeness (QED) is 0.348. The first-order chi connectivity index (χ1) is 9.11. The molecular weight excluding hydrogens is 262 g/mol. The van der Waals surface area contributed by atoms with Crippen molar-refractivity contribution in [3.63, 3.8) is 0 Å². The molecule has 1 amide bonds. The van der Waals surface area contributed by atoms with Crippen molar-refractivity contribution in [1.82, 2.24) is 0 Å². The molecule has 0 aliphatic rings. The first-order valence-corrected chi connectivity index (χ1v) is 6.48. The van der Waals surface area contributed by atoms with Crippen LogP contribution in [0.1, 0.15) is 21.5 Å². The molecule has 0 radical (unpaired) electrons. The number of aryl methyl sites for hydroxylation is 1. The smallest absolute Gasteiger partial charge is 0.256 e. The number of oxime groups is 1. The highest BCUT2D eigenvalue weighted by Gasteiger charge is 2.09. The highest BCUT2D eigenvalue weighted by Crippen LogP contribution is 2.18. The van der Waals surface area contributed by atoms with E-state index in [9.17, 15) is 4.79 Å². The van der Waals surface area contributed by atoms with Crippen LogP contribution in [-0.4, -0.2) is 17.0 Å². The number of amidine groups is 1. The van der Waals surface area contributed by atoms with E-state index in [0.29, 0.717) is 16.8 Å². The monoisotopic (exact) mass is 275 g/mol. The molecular formula is C13H13N3O2S. The third-order valence-electron chi connectivity index (χ3n) is 2.67. The Morgan fingerprint density at radius 1 is 1.37 bits per heavy atom. The number of nitrogens with two attached hydrogens (primary N) is 1. The Morgan fingerprint density at radius 3 is 2.79 bits per heavy atom. The highest BCUT2D eigenvalue weighted by atomic mass is 32.1. The molecule has 0 saturated heterocycles. The van der Waals surface area contributed by atoms with Gasteiger partial charge in [0.2, 0.25) is 0 Å². The number of hydrogen-bond acceptors (Lipinski definition) is 4. The van der Waals surface area contributed by atoms with Crippen LogP contribution in [0, 0.1) is 6.92 Å². The van der Waals surface area contributed by atoms with Crippen LogP contribution in [0.5, 0.6) is 0 Å². The minimum absolute atomic E-state index is 0.00559. The van der Waals surface area contributed by atoms with E-state index >= 15 is 0 Å². The summed E-state index contributed by atoms with van der Waals surface area (Å²) in [6.07, 6.45) is 0. The number of benzene rings is 1. The Balaban J connectivity index is 2.27. The van der Waals surface area contributed by atoms with Crippen molar-refractivity contribution in [2.45, 2.75) is 6.92 Å². The standard InChI is InChI=1S/C13H13N3O2S/c1-8-2-3-9(12(14)16-18)6-11(8)15-13(17)10-4-5-19-7-10/h2-7,18H,1H3,(H2,14,16)(H,15,17). The van der Waals surface area contributed by atoms with Gasteiger partial charge in [-0.05, 0) is 30.0 Å². The zero-order valence-electron chi connectivity index (χ0n) is 10.3. The van der Waals surface area contributed by atoms with Crippen molar-refractivity contribution in [2.24, 2.45) is 10.9 Å². The van der Waals surface area contributed by atoms with Gasteiger partial charge >= 0.3 is 0 Å². The molecule has 4 N–H and O–H groups in total. The van der Waals surface area contributed by atoms with Gasteiger partial charge in [0, 0.05) is 16.6 Å². The van der Waals surface area contributed by atoms with Crippen LogP contribution in [0.15, 0.2) is 40.2 Å². The number of hydrogen-bond donors (Lipinski definition) is 3. The molecule has 0 spiro atoms. The van der Waals surface area contributed by atoms with Crippen LogP contribution in [-0.2, 0) is 0 Å². The minimum Gasteiger partial charge on any atom is -0.409 e. The molecule has 1 heterocycles. The fraction of sp³-hybridized carbons (Fsp3) is 0.0769.